The van der Waals surface area contributed by atoms with Crippen molar-refractivity contribution in [3.05, 3.63) is 75.4 Å². The van der Waals surface area contributed by atoms with E-state index in [1.807, 2.05) is 6.07 Å². The topological polar surface area (TPSA) is 64.4 Å². The molecule has 9 heteroatoms. The summed E-state index contributed by atoms with van der Waals surface area (Å²) in [6.07, 6.45) is -4.19. The molecule has 0 N–H and O–H groups in total. The fourth-order valence-electron chi connectivity index (χ4n) is 4.05. The summed E-state index contributed by atoms with van der Waals surface area (Å²) >= 11 is 6.36. The monoisotopic (exact) mass is 445 g/mol. The number of alkyl halides is 3. The summed E-state index contributed by atoms with van der Waals surface area (Å²) in [5.41, 5.74) is 0.658. The molecule has 0 aromatic heterocycles. The Morgan fingerprint density at radius 3 is 2.52 bits per heavy atom. The highest BCUT2D eigenvalue weighted by molar-refractivity contribution is 6.31. The van der Waals surface area contributed by atoms with Crippen LogP contribution in [0.2, 0.25) is 5.02 Å². The Kier molecular flexibility index (Phi) is 5.02. The van der Waals surface area contributed by atoms with Crippen LogP contribution in [0.4, 0.5) is 23.7 Å². The molecule has 0 saturated heterocycles. The second kappa shape index (κ2) is 7.43. The second-order valence-corrected chi connectivity index (χ2v) is 7.72. The van der Waals surface area contributed by atoms with Gasteiger partial charge in [0.25, 0.3) is 0 Å². The van der Waals surface area contributed by atoms with Crippen LogP contribution in [0, 0.1) is 11.3 Å². The smallest absolute Gasteiger partial charge is 0.316 e. The van der Waals surface area contributed by atoms with Crippen molar-refractivity contribution in [3.63, 3.8) is 0 Å². The van der Waals surface area contributed by atoms with Crippen LogP contribution < -0.4 is 4.90 Å². The normalized spacial score (nSPS) is 19.0. The van der Waals surface area contributed by atoms with Crippen molar-refractivity contribution in [2.24, 2.45) is 0 Å². The fraction of sp³-hybridized carbons (Fsp3) is 0.227. The molecule has 5 nitrogen and oxygen atoms in total. The molecule has 2 aliphatic rings. The second-order valence-electron chi connectivity index (χ2n) is 7.31. The first kappa shape index (κ1) is 20.9. The van der Waals surface area contributed by atoms with Crippen LogP contribution in [0.1, 0.15) is 35.6 Å². The summed E-state index contributed by atoms with van der Waals surface area (Å²) in [7, 11) is 1.47. The Balaban J connectivity index is 1.88. The molecule has 0 fully saturated rings. The van der Waals surface area contributed by atoms with Crippen LogP contribution in [0.15, 0.2) is 53.7 Å². The number of Topliss-reactive ketones (excluding diaryl/α,β-unsaturated/α-hetero) is 1. The predicted octanol–water partition coefficient (Wildman–Crippen LogP) is 5.46. The molecular formula is C22H15ClF3N3O2. The molecule has 31 heavy (non-hydrogen) atoms. The molecule has 1 aliphatic heterocycles. The van der Waals surface area contributed by atoms with E-state index in [2.05, 4.69) is 0 Å². The largest absolute Gasteiger partial charge is 0.416 e. The molecule has 2 aromatic carbocycles. The molecule has 0 spiro atoms. The van der Waals surface area contributed by atoms with Gasteiger partial charge in [0.2, 0.25) is 0 Å². The number of amides is 2. The summed E-state index contributed by atoms with van der Waals surface area (Å²) in [5.74, 6) is -0.197. The number of carbonyl (C=O) groups is 2. The van der Waals surface area contributed by atoms with Gasteiger partial charge in [-0.25, -0.2) is 4.79 Å². The molecule has 1 atom stereocenters. The van der Waals surface area contributed by atoms with E-state index >= 15 is 0 Å². The van der Waals surface area contributed by atoms with E-state index in [4.69, 9.17) is 16.9 Å². The lowest BCUT2D eigenvalue weighted by atomic mass is 9.92. The highest BCUT2D eigenvalue weighted by Gasteiger charge is 2.45. The lowest BCUT2D eigenvalue weighted by Crippen LogP contribution is -2.48. The van der Waals surface area contributed by atoms with Crippen molar-refractivity contribution in [1.82, 2.24) is 4.90 Å². The molecule has 0 bridgehead atoms. The minimum Gasteiger partial charge on any atom is -0.316 e. The maximum absolute atomic E-state index is 13.3. The number of nitrogens with zero attached hydrogens (tertiary/aromatic N) is 3. The molecule has 2 aromatic rings. The summed E-state index contributed by atoms with van der Waals surface area (Å²) < 4.78 is 39.6. The van der Waals surface area contributed by atoms with Crippen molar-refractivity contribution in [2.75, 3.05) is 11.9 Å². The van der Waals surface area contributed by atoms with E-state index in [0.717, 1.165) is 12.1 Å². The predicted molar refractivity (Wildman–Crippen MR) is 107 cm³/mol. The Bertz CT molecular complexity index is 1180. The Morgan fingerprint density at radius 1 is 1.13 bits per heavy atom. The number of rotatable bonds is 2. The van der Waals surface area contributed by atoms with Gasteiger partial charge in [-0.3, -0.25) is 9.69 Å². The van der Waals surface area contributed by atoms with Crippen LogP contribution in [0.5, 0.6) is 0 Å². The van der Waals surface area contributed by atoms with Gasteiger partial charge < -0.3 is 4.90 Å². The molecule has 158 valence electrons. The minimum absolute atomic E-state index is 0.0400. The van der Waals surface area contributed by atoms with E-state index < -0.39 is 23.8 Å². The average Bonchev–Trinajstić information content (AvgIpc) is 3.10. The van der Waals surface area contributed by atoms with Crippen molar-refractivity contribution < 1.29 is 22.8 Å². The number of hydrogen-bond donors (Lipinski definition) is 0. The number of halogens is 4. The standard InChI is InChI=1S/C22H15ClF3N3O2/c1-28-20(15-6-5-12(11-27)9-16(15)23)19-17(7-8-18(19)30)29(21(28)31)14-4-2-3-13(10-14)22(24,25)26/h2-6,9-10,20H,7-8H2,1H3. The fourth-order valence-corrected chi connectivity index (χ4v) is 4.34. The van der Waals surface area contributed by atoms with Crippen LogP contribution in [0.3, 0.4) is 0 Å². The van der Waals surface area contributed by atoms with E-state index in [0.29, 0.717) is 22.4 Å². The summed E-state index contributed by atoms with van der Waals surface area (Å²) in [6, 6.07) is 9.65. The van der Waals surface area contributed by atoms with Crippen LogP contribution in [-0.4, -0.2) is 23.8 Å². The van der Waals surface area contributed by atoms with Crippen molar-refractivity contribution in [3.8, 4) is 6.07 Å². The number of carbonyl (C=O) groups excluding carboxylic acids is 2. The molecule has 0 radical (unpaired) electrons. The quantitative estimate of drug-likeness (QED) is 0.616. The maximum atomic E-state index is 13.3. The number of nitriles is 1. The van der Waals surface area contributed by atoms with Crippen LogP contribution in [0.25, 0.3) is 0 Å². The summed E-state index contributed by atoms with van der Waals surface area (Å²) in [6.45, 7) is 0. The number of hydrogen-bond acceptors (Lipinski definition) is 3. The third kappa shape index (κ3) is 3.45. The zero-order chi connectivity index (χ0) is 22.5. The van der Waals surface area contributed by atoms with Crippen molar-refractivity contribution in [1.29, 1.82) is 5.26 Å². The van der Waals surface area contributed by atoms with E-state index in [1.165, 1.54) is 35.0 Å². The number of allylic oxidation sites excluding steroid dienone is 1. The molecule has 1 heterocycles. The first-order chi connectivity index (χ1) is 14.6. The van der Waals surface area contributed by atoms with Crippen molar-refractivity contribution in [2.45, 2.75) is 25.1 Å². The number of benzene rings is 2. The molecule has 1 aliphatic carbocycles. The SMILES string of the molecule is CN1C(=O)N(c2cccc(C(F)(F)F)c2)C2=C(C(=O)CC2)C1c1ccc(C#N)cc1Cl. The van der Waals surface area contributed by atoms with Gasteiger partial charge in [-0.05, 0) is 42.3 Å². The Labute approximate surface area is 180 Å². The third-order valence-electron chi connectivity index (χ3n) is 5.48. The Hall–Kier alpha value is -3.31. The van der Waals surface area contributed by atoms with Gasteiger partial charge in [0.1, 0.15) is 0 Å². The minimum atomic E-state index is -4.57. The molecule has 1 unspecified atom stereocenters. The van der Waals surface area contributed by atoms with Gasteiger partial charge in [0.15, 0.2) is 5.78 Å². The summed E-state index contributed by atoms with van der Waals surface area (Å²) in [4.78, 5) is 28.5. The van der Waals surface area contributed by atoms with Gasteiger partial charge in [0.05, 0.1) is 28.9 Å². The van der Waals surface area contributed by atoms with Gasteiger partial charge in [-0.2, -0.15) is 18.4 Å². The number of anilines is 1. The lowest BCUT2D eigenvalue weighted by Gasteiger charge is -2.40. The zero-order valence-electron chi connectivity index (χ0n) is 16.2. The first-order valence-electron chi connectivity index (χ1n) is 9.33. The van der Waals surface area contributed by atoms with E-state index in [1.54, 1.807) is 12.1 Å². The highest BCUT2D eigenvalue weighted by Crippen LogP contribution is 2.46. The van der Waals surface area contributed by atoms with Crippen LogP contribution in [-0.2, 0) is 11.0 Å². The molecular weight excluding hydrogens is 431 g/mol. The highest BCUT2D eigenvalue weighted by atomic mass is 35.5. The Morgan fingerprint density at radius 2 is 1.87 bits per heavy atom. The zero-order valence-corrected chi connectivity index (χ0v) is 17.0. The number of ketones is 1. The third-order valence-corrected chi connectivity index (χ3v) is 5.81. The summed E-state index contributed by atoms with van der Waals surface area (Å²) in [5, 5.41) is 9.29. The van der Waals surface area contributed by atoms with E-state index in [9.17, 15) is 22.8 Å². The maximum Gasteiger partial charge on any atom is 0.416 e. The molecule has 0 saturated carbocycles. The van der Waals surface area contributed by atoms with E-state index in [-0.39, 0.29) is 29.3 Å². The molecule has 2 amide bonds. The average molecular weight is 446 g/mol. The number of likely N-dealkylation sites (N-methyl/N-ethyl adjacent to an activating group) is 1. The van der Waals surface area contributed by atoms with Gasteiger partial charge in [0, 0.05) is 29.8 Å². The van der Waals surface area contributed by atoms with Crippen LogP contribution >= 0.6 is 11.6 Å². The van der Waals surface area contributed by atoms with Gasteiger partial charge in [-0.15, -0.1) is 0 Å². The van der Waals surface area contributed by atoms with Gasteiger partial charge >= 0.3 is 12.2 Å². The van der Waals surface area contributed by atoms with Crippen molar-refractivity contribution >= 4 is 29.1 Å². The first-order valence-corrected chi connectivity index (χ1v) is 9.71. The molecule has 4 rings (SSSR count). The number of urea groups is 1. The van der Waals surface area contributed by atoms with Gasteiger partial charge in [-0.1, -0.05) is 23.7 Å². The lowest BCUT2D eigenvalue weighted by molar-refractivity contribution is -0.137.